The Bertz CT molecular complexity index is 923. The van der Waals surface area contributed by atoms with E-state index in [1.165, 1.54) is 23.5 Å². The van der Waals surface area contributed by atoms with Gasteiger partial charge in [-0.25, -0.2) is 4.98 Å². The molecule has 8 heteroatoms. The van der Waals surface area contributed by atoms with Crippen LogP contribution in [-0.4, -0.2) is 15.8 Å². The molecule has 0 radical (unpaired) electrons. The molecule has 24 heavy (non-hydrogen) atoms. The SMILES string of the molecule is NC(=O)c1cccc(Nc2nc(-c3cccc([N+](=O)[O-])c3)cs2)c1. The highest BCUT2D eigenvalue weighted by atomic mass is 32.1. The summed E-state index contributed by atoms with van der Waals surface area (Å²) < 4.78 is 0. The highest BCUT2D eigenvalue weighted by Gasteiger charge is 2.10. The number of hydrogen-bond acceptors (Lipinski definition) is 6. The minimum Gasteiger partial charge on any atom is -0.366 e. The third-order valence-corrected chi connectivity index (χ3v) is 4.01. The first-order valence-corrected chi connectivity index (χ1v) is 7.78. The van der Waals surface area contributed by atoms with Crippen molar-refractivity contribution in [3.63, 3.8) is 0 Å². The van der Waals surface area contributed by atoms with E-state index in [0.29, 0.717) is 27.6 Å². The highest BCUT2D eigenvalue weighted by Crippen LogP contribution is 2.29. The number of rotatable bonds is 5. The van der Waals surface area contributed by atoms with Gasteiger partial charge in [-0.05, 0) is 18.2 Å². The topological polar surface area (TPSA) is 111 Å². The molecule has 0 spiro atoms. The number of nitrogens with one attached hydrogen (secondary N) is 1. The van der Waals surface area contributed by atoms with Crippen molar-refractivity contribution in [1.29, 1.82) is 0 Å². The number of nitrogens with two attached hydrogens (primary N) is 1. The Hall–Kier alpha value is -3.26. The van der Waals surface area contributed by atoms with E-state index in [1.54, 1.807) is 41.8 Å². The number of benzene rings is 2. The summed E-state index contributed by atoms with van der Waals surface area (Å²) in [6.45, 7) is 0. The van der Waals surface area contributed by atoms with E-state index < -0.39 is 10.8 Å². The van der Waals surface area contributed by atoms with E-state index in [0.717, 1.165) is 0 Å². The molecular weight excluding hydrogens is 328 g/mol. The highest BCUT2D eigenvalue weighted by molar-refractivity contribution is 7.14. The molecule has 0 unspecified atom stereocenters. The molecule has 0 saturated heterocycles. The molecule has 1 aromatic heterocycles. The zero-order valence-electron chi connectivity index (χ0n) is 12.3. The monoisotopic (exact) mass is 340 g/mol. The first kappa shape index (κ1) is 15.6. The van der Waals surface area contributed by atoms with Crippen LogP contribution in [0.1, 0.15) is 10.4 Å². The lowest BCUT2D eigenvalue weighted by atomic mass is 10.1. The number of carbonyl (C=O) groups excluding carboxylic acids is 1. The van der Waals surface area contributed by atoms with Gasteiger partial charge >= 0.3 is 0 Å². The number of nitro groups is 1. The first-order chi connectivity index (χ1) is 11.5. The van der Waals surface area contributed by atoms with Gasteiger partial charge in [-0.2, -0.15) is 0 Å². The minimum absolute atomic E-state index is 0.0177. The van der Waals surface area contributed by atoms with E-state index in [-0.39, 0.29) is 5.69 Å². The van der Waals surface area contributed by atoms with Gasteiger partial charge in [0.1, 0.15) is 0 Å². The Balaban J connectivity index is 1.83. The largest absolute Gasteiger partial charge is 0.366 e. The Morgan fingerprint density at radius 1 is 1.21 bits per heavy atom. The van der Waals surface area contributed by atoms with Crippen molar-refractivity contribution in [1.82, 2.24) is 4.98 Å². The fourth-order valence-corrected chi connectivity index (χ4v) is 2.86. The van der Waals surface area contributed by atoms with E-state index >= 15 is 0 Å². The van der Waals surface area contributed by atoms with Gasteiger partial charge in [-0.15, -0.1) is 11.3 Å². The van der Waals surface area contributed by atoms with Crippen molar-refractivity contribution >= 4 is 33.8 Å². The zero-order valence-corrected chi connectivity index (χ0v) is 13.1. The minimum atomic E-state index is -0.505. The summed E-state index contributed by atoms with van der Waals surface area (Å²) in [5.41, 5.74) is 7.67. The van der Waals surface area contributed by atoms with Crippen molar-refractivity contribution in [2.24, 2.45) is 5.73 Å². The van der Waals surface area contributed by atoms with Gasteiger partial charge in [0.2, 0.25) is 5.91 Å². The molecule has 1 amide bonds. The quantitative estimate of drug-likeness (QED) is 0.545. The molecule has 0 bridgehead atoms. The van der Waals surface area contributed by atoms with Crippen molar-refractivity contribution in [2.45, 2.75) is 0 Å². The van der Waals surface area contributed by atoms with Crippen LogP contribution < -0.4 is 11.1 Å². The van der Waals surface area contributed by atoms with Crippen LogP contribution >= 0.6 is 11.3 Å². The molecule has 0 aliphatic carbocycles. The second kappa shape index (κ2) is 6.47. The first-order valence-electron chi connectivity index (χ1n) is 6.90. The smallest absolute Gasteiger partial charge is 0.270 e. The lowest BCUT2D eigenvalue weighted by Crippen LogP contribution is -2.10. The van der Waals surface area contributed by atoms with Gasteiger partial charge in [0, 0.05) is 34.3 Å². The average molecular weight is 340 g/mol. The summed E-state index contributed by atoms with van der Waals surface area (Å²) in [4.78, 5) is 26.0. The van der Waals surface area contributed by atoms with Gasteiger partial charge in [0.15, 0.2) is 5.13 Å². The predicted octanol–water partition coefficient (Wildman–Crippen LogP) is 3.56. The summed E-state index contributed by atoms with van der Waals surface area (Å²) in [6, 6.07) is 13.1. The number of hydrogen-bond donors (Lipinski definition) is 2. The van der Waals surface area contributed by atoms with Crippen molar-refractivity contribution in [2.75, 3.05) is 5.32 Å². The molecule has 1 heterocycles. The van der Waals surface area contributed by atoms with Crippen LogP contribution in [0.2, 0.25) is 0 Å². The van der Waals surface area contributed by atoms with E-state index in [4.69, 9.17) is 5.73 Å². The molecule has 3 N–H and O–H groups in total. The Labute approximate surface area is 140 Å². The fraction of sp³-hybridized carbons (Fsp3) is 0. The van der Waals surface area contributed by atoms with E-state index in [9.17, 15) is 14.9 Å². The average Bonchev–Trinajstić information content (AvgIpc) is 3.03. The van der Waals surface area contributed by atoms with Crippen LogP contribution in [0.15, 0.2) is 53.9 Å². The van der Waals surface area contributed by atoms with Crippen molar-refractivity contribution in [3.8, 4) is 11.3 Å². The van der Waals surface area contributed by atoms with Crippen LogP contribution in [0.3, 0.4) is 0 Å². The van der Waals surface area contributed by atoms with Gasteiger partial charge in [-0.1, -0.05) is 18.2 Å². The Kier molecular flexibility index (Phi) is 4.21. The van der Waals surface area contributed by atoms with Gasteiger partial charge in [0.25, 0.3) is 5.69 Å². The third-order valence-electron chi connectivity index (χ3n) is 3.26. The van der Waals surface area contributed by atoms with Crippen LogP contribution in [0.4, 0.5) is 16.5 Å². The molecular formula is C16H12N4O3S. The van der Waals surface area contributed by atoms with Gasteiger partial charge in [0.05, 0.1) is 10.6 Å². The lowest BCUT2D eigenvalue weighted by molar-refractivity contribution is -0.384. The number of amides is 1. The van der Waals surface area contributed by atoms with Crippen LogP contribution in [0.5, 0.6) is 0 Å². The van der Waals surface area contributed by atoms with Crippen LogP contribution in [-0.2, 0) is 0 Å². The number of aromatic nitrogens is 1. The number of thiazole rings is 1. The molecule has 7 nitrogen and oxygen atoms in total. The van der Waals surface area contributed by atoms with Gasteiger partial charge in [-0.3, -0.25) is 14.9 Å². The molecule has 0 saturated carbocycles. The third kappa shape index (κ3) is 3.39. The lowest BCUT2D eigenvalue weighted by Gasteiger charge is -2.03. The zero-order chi connectivity index (χ0) is 17.1. The normalized spacial score (nSPS) is 10.3. The maximum atomic E-state index is 11.2. The summed E-state index contributed by atoms with van der Waals surface area (Å²) in [7, 11) is 0. The number of anilines is 2. The summed E-state index contributed by atoms with van der Waals surface area (Å²) >= 11 is 1.36. The van der Waals surface area contributed by atoms with Crippen molar-refractivity contribution in [3.05, 3.63) is 69.6 Å². The van der Waals surface area contributed by atoms with Gasteiger partial charge < -0.3 is 11.1 Å². The number of nitro benzene ring substituents is 1. The molecule has 0 fully saturated rings. The molecule has 3 rings (SSSR count). The molecule has 0 aliphatic heterocycles. The molecule has 0 aliphatic rings. The standard InChI is InChI=1S/C16H12N4O3S/c17-15(21)11-4-1-5-12(7-11)18-16-19-14(9-24-16)10-3-2-6-13(8-10)20(22)23/h1-9H,(H2,17,21)(H,18,19). The van der Waals surface area contributed by atoms with Crippen molar-refractivity contribution < 1.29 is 9.72 Å². The maximum Gasteiger partial charge on any atom is 0.270 e. The second-order valence-electron chi connectivity index (χ2n) is 4.92. The Morgan fingerprint density at radius 3 is 2.75 bits per heavy atom. The number of non-ortho nitro benzene ring substituents is 1. The van der Waals surface area contributed by atoms with E-state index in [1.807, 2.05) is 0 Å². The summed E-state index contributed by atoms with van der Waals surface area (Å²) in [6.07, 6.45) is 0. The maximum absolute atomic E-state index is 11.2. The fourth-order valence-electron chi connectivity index (χ4n) is 2.12. The number of primary amides is 1. The summed E-state index contributed by atoms with van der Waals surface area (Å²) in [5, 5.41) is 16.4. The number of carbonyl (C=O) groups is 1. The summed E-state index contributed by atoms with van der Waals surface area (Å²) in [5.74, 6) is -0.505. The predicted molar refractivity (Wildman–Crippen MR) is 92.4 cm³/mol. The van der Waals surface area contributed by atoms with Crippen LogP contribution in [0, 0.1) is 10.1 Å². The molecule has 120 valence electrons. The van der Waals surface area contributed by atoms with E-state index in [2.05, 4.69) is 10.3 Å². The Morgan fingerprint density at radius 2 is 2.00 bits per heavy atom. The molecule has 0 atom stereocenters. The number of nitrogens with zero attached hydrogens (tertiary/aromatic N) is 2. The second-order valence-corrected chi connectivity index (χ2v) is 5.77. The molecule has 3 aromatic rings. The van der Waals surface area contributed by atoms with Crippen LogP contribution in [0.25, 0.3) is 11.3 Å². The molecule has 2 aromatic carbocycles.